The molecule has 0 aliphatic carbocycles. The first-order valence-corrected chi connectivity index (χ1v) is 10.1. The molecular formula is C21H31N3O4. The lowest BCUT2D eigenvalue weighted by atomic mass is 9.91. The van der Waals surface area contributed by atoms with E-state index >= 15 is 0 Å². The van der Waals surface area contributed by atoms with E-state index < -0.39 is 12.1 Å². The van der Waals surface area contributed by atoms with Crippen molar-refractivity contribution < 1.29 is 19.1 Å². The van der Waals surface area contributed by atoms with Gasteiger partial charge in [0.15, 0.2) is 6.10 Å². The lowest BCUT2D eigenvalue weighted by Gasteiger charge is -2.38. The van der Waals surface area contributed by atoms with Gasteiger partial charge >= 0.3 is 0 Å². The zero-order valence-electron chi connectivity index (χ0n) is 16.8. The van der Waals surface area contributed by atoms with E-state index in [-0.39, 0.29) is 17.7 Å². The second-order valence-electron chi connectivity index (χ2n) is 7.70. The third-order valence-corrected chi connectivity index (χ3v) is 5.61. The van der Waals surface area contributed by atoms with Crippen LogP contribution in [0.3, 0.4) is 0 Å². The minimum absolute atomic E-state index is 0.0111. The predicted molar refractivity (Wildman–Crippen MR) is 106 cm³/mol. The summed E-state index contributed by atoms with van der Waals surface area (Å²) in [7, 11) is 0. The van der Waals surface area contributed by atoms with Gasteiger partial charge in [0.05, 0.1) is 6.04 Å². The average molecular weight is 389 g/mol. The third-order valence-electron chi connectivity index (χ3n) is 5.61. The Bertz CT molecular complexity index is 682. The summed E-state index contributed by atoms with van der Waals surface area (Å²) in [6.07, 6.45) is 1.10. The van der Waals surface area contributed by atoms with Gasteiger partial charge in [0.25, 0.3) is 5.91 Å². The minimum Gasteiger partial charge on any atom is -0.481 e. The number of benzene rings is 1. The Morgan fingerprint density at radius 2 is 1.71 bits per heavy atom. The van der Waals surface area contributed by atoms with Gasteiger partial charge in [-0.2, -0.15) is 0 Å². The van der Waals surface area contributed by atoms with Gasteiger partial charge in [-0.25, -0.2) is 0 Å². The Kier molecular flexibility index (Phi) is 6.91. The molecule has 0 aromatic heterocycles. The van der Waals surface area contributed by atoms with Gasteiger partial charge in [0.1, 0.15) is 5.75 Å². The Morgan fingerprint density at radius 3 is 2.32 bits per heavy atom. The zero-order chi connectivity index (χ0) is 20.1. The fraction of sp³-hybridized carbons (Fsp3) is 0.619. The number of ether oxygens (including phenoxy) is 2. The van der Waals surface area contributed by atoms with Gasteiger partial charge < -0.3 is 25.0 Å². The highest BCUT2D eigenvalue weighted by atomic mass is 16.5. The molecule has 2 unspecified atom stereocenters. The first-order chi connectivity index (χ1) is 13.5. The first-order valence-electron chi connectivity index (χ1n) is 10.1. The highest BCUT2D eigenvalue weighted by molar-refractivity contribution is 5.83. The van der Waals surface area contributed by atoms with Gasteiger partial charge in [0.2, 0.25) is 5.91 Å². The number of hydrogen-bond acceptors (Lipinski definition) is 5. The van der Waals surface area contributed by atoms with E-state index in [1.807, 2.05) is 31.2 Å². The van der Waals surface area contributed by atoms with Crippen LogP contribution in [-0.2, 0) is 14.3 Å². The molecule has 0 saturated carbocycles. The van der Waals surface area contributed by atoms with Crippen LogP contribution in [0.25, 0.3) is 0 Å². The van der Waals surface area contributed by atoms with Crippen molar-refractivity contribution in [3.8, 4) is 5.75 Å². The van der Waals surface area contributed by atoms with Crippen LogP contribution >= 0.6 is 0 Å². The fourth-order valence-corrected chi connectivity index (χ4v) is 3.83. The van der Waals surface area contributed by atoms with Crippen molar-refractivity contribution in [2.45, 2.75) is 38.8 Å². The maximum atomic E-state index is 12.7. The normalized spacial score (nSPS) is 20.5. The van der Waals surface area contributed by atoms with Crippen molar-refractivity contribution in [1.82, 2.24) is 9.80 Å². The molecule has 2 heterocycles. The molecule has 2 aliphatic rings. The number of rotatable bonds is 5. The van der Waals surface area contributed by atoms with Crippen LogP contribution in [0.1, 0.15) is 25.3 Å². The second-order valence-corrected chi connectivity index (χ2v) is 7.70. The Hall–Kier alpha value is -2.12. The van der Waals surface area contributed by atoms with Crippen molar-refractivity contribution in [2.75, 3.05) is 39.4 Å². The van der Waals surface area contributed by atoms with E-state index in [4.69, 9.17) is 15.2 Å². The minimum atomic E-state index is -0.562. The summed E-state index contributed by atoms with van der Waals surface area (Å²) in [5.41, 5.74) is 7.30. The van der Waals surface area contributed by atoms with E-state index in [9.17, 15) is 9.59 Å². The van der Waals surface area contributed by atoms with Gasteiger partial charge in [-0.3, -0.25) is 9.59 Å². The Morgan fingerprint density at radius 1 is 1.11 bits per heavy atom. The van der Waals surface area contributed by atoms with E-state index in [0.29, 0.717) is 45.1 Å². The zero-order valence-corrected chi connectivity index (χ0v) is 16.8. The molecule has 0 radical (unpaired) electrons. The predicted octanol–water partition coefficient (Wildman–Crippen LogP) is 1.19. The molecule has 2 amide bonds. The molecule has 0 spiro atoms. The van der Waals surface area contributed by atoms with Crippen molar-refractivity contribution >= 4 is 11.8 Å². The lowest BCUT2D eigenvalue weighted by molar-refractivity contribution is -0.145. The molecule has 7 nitrogen and oxygen atoms in total. The monoisotopic (exact) mass is 389 g/mol. The van der Waals surface area contributed by atoms with Crippen molar-refractivity contribution in [3.63, 3.8) is 0 Å². The number of piperazine rings is 1. The Labute approximate surface area is 166 Å². The third kappa shape index (κ3) is 5.02. The first kappa shape index (κ1) is 20.6. The van der Waals surface area contributed by atoms with E-state index in [1.165, 1.54) is 0 Å². The molecule has 1 aromatic rings. The molecule has 2 atom stereocenters. The summed E-state index contributed by atoms with van der Waals surface area (Å²) in [6.45, 7) is 7.14. The molecule has 154 valence electrons. The van der Waals surface area contributed by atoms with Crippen LogP contribution in [0.15, 0.2) is 24.3 Å². The number of carbonyl (C=O) groups is 2. The summed E-state index contributed by atoms with van der Waals surface area (Å²) in [5, 5.41) is 0. The van der Waals surface area contributed by atoms with Crippen molar-refractivity contribution in [1.29, 1.82) is 0 Å². The van der Waals surface area contributed by atoms with Crippen molar-refractivity contribution in [2.24, 2.45) is 11.7 Å². The summed E-state index contributed by atoms with van der Waals surface area (Å²) < 4.78 is 11.1. The quantitative estimate of drug-likeness (QED) is 0.818. The maximum Gasteiger partial charge on any atom is 0.263 e. The number of nitrogens with two attached hydrogens (primary N) is 1. The van der Waals surface area contributed by atoms with Gasteiger partial charge in [-0.15, -0.1) is 0 Å². The second kappa shape index (κ2) is 9.39. The summed E-state index contributed by atoms with van der Waals surface area (Å²) in [6, 6.07) is 7.19. The molecule has 3 rings (SSSR count). The number of amides is 2. The largest absolute Gasteiger partial charge is 0.481 e. The number of carbonyl (C=O) groups excluding carboxylic acids is 2. The number of aryl methyl sites for hydroxylation is 1. The summed E-state index contributed by atoms with van der Waals surface area (Å²) in [4.78, 5) is 29.0. The van der Waals surface area contributed by atoms with Crippen LogP contribution in [0.2, 0.25) is 0 Å². The van der Waals surface area contributed by atoms with Crippen LogP contribution in [0.4, 0.5) is 0 Å². The Balaban J connectivity index is 1.48. The van der Waals surface area contributed by atoms with Gasteiger partial charge in [0, 0.05) is 39.4 Å². The van der Waals surface area contributed by atoms with Crippen LogP contribution in [-0.4, -0.2) is 73.2 Å². The molecule has 2 N–H and O–H groups in total. The number of hydrogen-bond donors (Lipinski definition) is 1. The smallest absolute Gasteiger partial charge is 0.263 e. The molecule has 1 aromatic carbocycles. The van der Waals surface area contributed by atoms with Gasteiger partial charge in [-0.1, -0.05) is 12.1 Å². The molecule has 2 saturated heterocycles. The summed E-state index contributed by atoms with van der Waals surface area (Å²) in [5.74, 6) is 0.811. The van der Waals surface area contributed by atoms with Crippen LogP contribution in [0, 0.1) is 12.8 Å². The van der Waals surface area contributed by atoms with Crippen LogP contribution < -0.4 is 10.5 Å². The number of nitrogens with zero attached hydrogens (tertiary/aromatic N) is 2. The molecule has 7 heteroatoms. The SMILES string of the molecule is Cc1cccc(OC(C)C(=O)N2CCN(C(=O)C(N)C3CCOCC3)CC2)c1. The standard InChI is InChI=1S/C21H31N3O4/c1-15-4-3-5-18(14-15)28-16(2)20(25)23-8-10-24(11-9-23)21(26)19(22)17-6-12-27-13-7-17/h3-5,14,16-17,19H,6-13,22H2,1-2H3. The van der Waals surface area contributed by atoms with E-state index in [2.05, 4.69) is 0 Å². The van der Waals surface area contributed by atoms with Crippen molar-refractivity contribution in [3.05, 3.63) is 29.8 Å². The molecule has 2 fully saturated rings. The van der Waals surface area contributed by atoms with E-state index in [1.54, 1.807) is 16.7 Å². The molecular weight excluding hydrogens is 358 g/mol. The average Bonchev–Trinajstić information content (AvgIpc) is 2.73. The molecule has 0 bridgehead atoms. The summed E-state index contributed by atoms with van der Waals surface area (Å²) >= 11 is 0. The van der Waals surface area contributed by atoms with Gasteiger partial charge in [-0.05, 0) is 50.3 Å². The van der Waals surface area contributed by atoms with Crippen LogP contribution in [0.5, 0.6) is 5.75 Å². The lowest BCUT2D eigenvalue weighted by Crippen LogP contribution is -2.57. The van der Waals surface area contributed by atoms with E-state index in [0.717, 1.165) is 18.4 Å². The highest BCUT2D eigenvalue weighted by Gasteiger charge is 2.33. The topological polar surface area (TPSA) is 85.1 Å². The highest BCUT2D eigenvalue weighted by Crippen LogP contribution is 2.20. The maximum absolute atomic E-state index is 12.7. The fourth-order valence-electron chi connectivity index (χ4n) is 3.83. The molecule has 2 aliphatic heterocycles. The molecule has 28 heavy (non-hydrogen) atoms.